The zero-order valence-electron chi connectivity index (χ0n) is 15.9. The van der Waals surface area contributed by atoms with E-state index in [1.807, 2.05) is 13.0 Å². The Kier molecular flexibility index (Phi) is 6.59. The number of carbonyl (C=O) groups excluding carboxylic acids is 1. The number of amides is 1. The van der Waals surface area contributed by atoms with Crippen LogP contribution < -0.4 is 9.62 Å². The van der Waals surface area contributed by atoms with Gasteiger partial charge in [-0.1, -0.05) is 31.2 Å². The van der Waals surface area contributed by atoms with Crippen LogP contribution in [0.1, 0.15) is 37.4 Å². The Bertz CT molecular complexity index is 898. The molecule has 146 valence electrons. The second kappa shape index (κ2) is 8.52. The summed E-state index contributed by atoms with van der Waals surface area (Å²) in [5, 5.41) is 2.84. The average molecular weight is 392 g/mol. The largest absolute Gasteiger partial charge is 0.348 e. The Labute approximate surface area is 160 Å². The molecule has 0 heterocycles. The lowest BCUT2D eigenvalue weighted by molar-refractivity contribution is -0.122. The summed E-state index contributed by atoms with van der Waals surface area (Å²) in [7, 11) is -3.67. The van der Waals surface area contributed by atoms with E-state index in [-0.39, 0.29) is 11.9 Å². The summed E-state index contributed by atoms with van der Waals surface area (Å²) in [5.74, 6) is -0.757. The van der Waals surface area contributed by atoms with Gasteiger partial charge in [0, 0.05) is 0 Å². The summed E-state index contributed by atoms with van der Waals surface area (Å²) in [5.41, 5.74) is 2.09. The van der Waals surface area contributed by atoms with Crippen LogP contribution in [0.4, 0.5) is 10.1 Å². The molecule has 0 spiro atoms. The minimum Gasteiger partial charge on any atom is -0.348 e. The number of aryl methyl sites for hydroxylation is 1. The smallest absolute Gasteiger partial charge is 0.244 e. The van der Waals surface area contributed by atoms with Crippen LogP contribution in [0.25, 0.3) is 0 Å². The van der Waals surface area contributed by atoms with E-state index < -0.39 is 22.0 Å². The highest BCUT2D eigenvalue weighted by Gasteiger charge is 2.32. The number of carbonyl (C=O) groups is 1. The van der Waals surface area contributed by atoms with E-state index in [1.165, 1.54) is 12.1 Å². The van der Waals surface area contributed by atoms with Gasteiger partial charge < -0.3 is 5.32 Å². The SMILES string of the molecule is CCC(C(=O)NC(C)c1ccc(F)cc1)N(c1cccc(C)c1)S(C)(=O)=O. The molecule has 2 aromatic carbocycles. The van der Waals surface area contributed by atoms with Crippen LogP contribution in [0.3, 0.4) is 0 Å². The number of hydrogen-bond donors (Lipinski definition) is 1. The number of nitrogens with one attached hydrogen (secondary N) is 1. The third-order valence-electron chi connectivity index (χ3n) is 4.31. The quantitative estimate of drug-likeness (QED) is 0.784. The second-order valence-electron chi connectivity index (χ2n) is 6.60. The zero-order chi connectivity index (χ0) is 20.2. The maximum atomic E-state index is 13.1. The molecule has 0 fully saturated rings. The van der Waals surface area contributed by atoms with Crippen molar-refractivity contribution in [1.29, 1.82) is 0 Å². The molecule has 0 bridgehead atoms. The van der Waals surface area contributed by atoms with Crippen LogP contribution in [-0.2, 0) is 14.8 Å². The lowest BCUT2D eigenvalue weighted by Crippen LogP contribution is -2.49. The van der Waals surface area contributed by atoms with E-state index >= 15 is 0 Å². The Hall–Kier alpha value is -2.41. The number of benzene rings is 2. The van der Waals surface area contributed by atoms with Crippen LogP contribution >= 0.6 is 0 Å². The van der Waals surface area contributed by atoms with E-state index in [0.29, 0.717) is 12.1 Å². The van der Waals surface area contributed by atoms with Crippen molar-refractivity contribution in [3.63, 3.8) is 0 Å². The molecule has 0 aromatic heterocycles. The molecule has 0 aliphatic carbocycles. The Morgan fingerprint density at radius 3 is 2.33 bits per heavy atom. The van der Waals surface area contributed by atoms with Gasteiger partial charge in [0.15, 0.2) is 0 Å². The van der Waals surface area contributed by atoms with Gasteiger partial charge in [0.05, 0.1) is 18.0 Å². The fourth-order valence-corrected chi connectivity index (χ4v) is 4.17. The standard InChI is InChI=1S/C20H25FN2O3S/c1-5-19(20(24)22-15(3)16-9-11-17(21)12-10-16)23(27(4,25)26)18-8-6-7-14(2)13-18/h6-13,15,19H,5H2,1-4H3,(H,22,24). The maximum absolute atomic E-state index is 13.1. The molecular formula is C20H25FN2O3S. The van der Waals surface area contributed by atoms with Crippen LogP contribution in [0, 0.1) is 12.7 Å². The first-order chi connectivity index (χ1) is 12.6. The maximum Gasteiger partial charge on any atom is 0.244 e. The molecule has 27 heavy (non-hydrogen) atoms. The second-order valence-corrected chi connectivity index (χ2v) is 8.46. The Morgan fingerprint density at radius 2 is 1.81 bits per heavy atom. The third-order valence-corrected chi connectivity index (χ3v) is 5.49. The topological polar surface area (TPSA) is 66.5 Å². The average Bonchev–Trinajstić information content (AvgIpc) is 2.58. The minimum absolute atomic E-state index is 0.309. The summed E-state index contributed by atoms with van der Waals surface area (Å²) >= 11 is 0. The predicted octanol–water partition coefficient (Wildman–Crippen LogP) is 3.56. The summed E-state index contributed by atoms with van der Waals surface area (Å²) in [6, 6.07) is 11.6. The summed E-state index contributed by atoms with van der Waals surface area (Å²) in [4.78, 5) is 12.9. The number of anilines is 1. The number of rotatable bonds is 7. The van der Waals surface area contributed by atoms with Crippen LogP contribution in [0.2, 0.25) is 0 Å². The van der Waals surface area contributed by atoms with Gasteiger partial charge in [-0.25, -0.2) is 12.8 Å². The third kappa shape index (κ3) is 5.29. The number of halogens is 1. The van der Waals surface area contributed by atoms with Gasteiger partial charge in [0.25, 0.3) is 0 Å². The number of hydrogen-bond acceptors (Lipinski definition) is 3. The summed E-state index contributed by atoms with van der Waals surface area (Å²) in [6.07, 6.45) is 1.40. The highest BCUT2D eigenvalue weighted by Crippen LogP contribution is 2.24. The number of nitrogens with zero attached hydrogens (tertiary/aromatic N) is 1. The molecule has 0 saturated heterocycles. The van der Waals surface area contributed by atoms with Crippen LogP contribution in [-0.4, -0.2) is 26.6 Å². The van der Waals surface area contributed by atoms with Crippen molar-refractivity contribution in [1.82, 2.24) is 5.32 Å². The molecule has 5 nitrogen and oxygen atoms in total. The highest BCUT2D eigenvalue weighted by atomic mass is 32.2. The molecule has 1 amide bonds. The van der Waals surface area contributed by atoms with Gasteiger partial charge in [-0.3, -0.25) is 9.10 Å². The first-order valence-corrected chi connectivity index (χ1v) is 10.6. The van der Waals surface area contributed by atoms with Crippen molar-refractivity contribution in [3.05, 3.63) is 65.5 Å². The molecule has 2 atom stereocenters. The van der Waals surface area contributed by atoms with Crippen molar-refractivity contribution in [2.75, 3.05) is 10.6 Å². The molecule has 2 rings (SSSR count). The van der Waals surface area contributed by atoms with E-state index in [1.54, 1.807) is 44.2 Å². The van der Waals surface area contributed by atoms with Gasteiger partial charge in [0.1, 0.15) is 11.9 Å². The monoisotopic (exact) mass is 392 g/mol. The molecule has 0 aliphatic rings. The van der Waals surface area contributed by atoms with Gasteiger partial charge in [-0.05, 0) is 55.7 Å². The molecule has 1 N–H and O–H groups in total. The minimum atomic E-state index is -3.67. The molecule has 0 radical (unpaired) electrons. The zero-order valence-corrected chi connectivity index (χ0v) is 16.8. The normalized spacial score (nSPS) is 13.7. The lowest BCUT2D eigenvalue weighted by atomic mass is 10.1. The summed E-state index contributed by atoms with van der Waals surface area (Å²) in [6.45, 7) is 5.40. The van der Waals surface area contributed by atoms with Crippen molar-refractivity contribution in [3.8, 4) is 0 Å². The van der Waals surface area contributed by atoms with Crippen LogP contribution in [0.15, 0.2) is 48.5 Å². The van der Waals surface area contributed by atoms with Gasteiger partial charge in [0.2, 0.25) is 15.9 Å². The Morgan fingerprint density at radius 1 is 1.19 bits per heavy atom. The van der Waals surface area contributed by atoms with Crippen molar-refractivity contribution in [2.45, 2.75) is 39.3 Å². The molecule has 0 aliphatic heterocycles. The summed E-state index contributed by atoms with van der Waals surface area (Å²) < 4.78 is 39.1. The highest BCUT2D eigenvalue weighted by molar-refractivity contribution is 7.92. The predicted molar refractivity (Wildman–Crippen MR) is 106 cm³/mol. The van der Waals surface area contributed by atoms with Crippen LogP contribution in [0.5, 0.6) is 0 Å². The van der Waals surface area contributed by atoms with Crippen molar-refractivity contribution >= 4 is 21.6 Å². The Balaban J connectivity index is 2.30. The van der Waals surface area contributed by atoms with E-state index in [0.717, 1.165) is 21.7 Å². The fourth-order valence-electron chi connectivity index (χ4n) is 2.97. The molecule has 2 aromatic rings. The van der Waals surface area contributed by atoms with E-state index in [9.17, 15) is 17.6 Å². The number of sulfonamides is 1. The fraction of sp³-hybridized carbons (Fsp3) is 0.350. The molecule has 0 saturated carbocycles. The van der Waals surface area contributed by atoms with E-state index in [4.69, 9.17) is 0 Å². The van der Waals surface area contributed by atoms with Crippen molar-refractivity contribution in [2.24, 2.45) is 0 Å². The molecule has 7 heteroatoms. The van der Waals surface area contributed by atoms with E-state index in [2.05, 4.69) is 5.32 Å². The molecular weight excluding hydrogens is 367 g/mol. The van der Waals surface area contributed by atoms with Gasteiger partial charge in [-0.2, -0.15) is 0 Å². The lowest BCUT2D eigenvalue weighted by Gasteiger charge is -2.31. The van der Waals surface area contributed by atoms with Gasteiger partial charge >= 0.3 is 0 Å². The van der Waals surface area contributed by atoms with Crippen molar-refractivity contribution < 1.29 is 17.6 Å². The molecule has 2 unspecified atom stereocenters. The first kappa shape index (κ1) is 20.9. The first-order valence-electron chi connectivity index (χ1n) is 8.75. The van der Waals surface area contributed by atoms with Gasteiger partial charge in [-0.15, -0.1) is 0 Å².